The summed E-state index contributed by atoms with van der Waals surface area (Å²) < 4.78 is 7.63. The third-order valence-electron chi connectivity index (χ3n) is 5.37. The highest BCUT2D eigenvalue weighted by Crippen LogP contribution is 2.31. The summed E-state index contributed by atoms with van der Waals surface area (Å²) in [6.45, 7) is 0.690. The number of rotatable bonds is 9. The standard InChI is InChI=1S/C26H26N4O2S/c1-29(21-13-7-4-8-14-21)24(31)19-33-26-28-27-25(22-15-9-10-16-23(22)32-2)30(26)18-17-20-11-5-3-6-12-20/h3-16H,17-19H2,1-2H3. The highest BCUT2D eigenvalue weighted by molar-refractivity contribution is 7.99. The van der Waals surface area contributed by atoms with E-state index >= 15 is 0 Å². The van der Waals surface area contributed by atoms with Gasteiger partial charge in [-0.3, -0.25) is 4.79 Å². The molecule has 1 aromatic heterocycles. The van der Waals surface area contributed by atoms with Crippen molar-refractivity contribution in [1.29, 1.82) is 0 Å². The summed E-state index contributed by atoms with van der Waals surface area (Å²) in [6, 6.07) is 27.7. The molecule has 4 rings (SSSR count). The minimum Gasteiger partial charge on any atom is -0.496 e. The Morgan fingerprint density at radius 1 is 0.939 bits per heavy atom. The molecule has 0 radical (unpaired) electrons. The van der Waals surface area contributed by atoms with Crippen molar-refractivity contribution >= 4 is 23.4 Å². The van der Waals surface area contributed by atoms with E-state index in [4.69, 9.17) is 4.74 Å². The van der Waals surface area contributed by atoms with Gasteiger partial charge in [0.15, 0.2) is 11.0 Å². The molecule has 0 saturated carbocycles. The Bertz CT molecular complexity index is 1200. The fourth-order valence-electron chi connectivity index (χ4n) is 3.53. The van der Waals surface area contributed by atoms with Gasteiger partial charge in [0.2, 0.25) is 5.91 Å². The van der Waals surface area contributed by atoms with Crippen molar-refractivity contribution in [3.05, 3.63) is 90.5 Å². The maximum Gasteiger partial charge on any atom is 0.237 e. The lowest BCUT2D eigenvalue weighted by Crippen LogP contribution is -2.28. The molecule has 0 unspecified atom stereocenters. The van der Waals surface area contributed by atoms with Gasteiger partial charge in [0.05, 0.1) is 18.4 Å². The zero-order valence-electron chi connectivity index (χ0n) is 18.7. The normalized spacial score (nSPS) is 10.7. The van der Waals surface area contributed by atoms with Crippen LogP contribution in [0.3, 0.4) is 0 Å². The lowest BCUT2D eigenvalue weighted by molar-refractivity contribution is -0.115. The van der Waals surface area contributed by atoms with Gasteiger partial charge in [0, 0.05) is 19.3 Å². The first-order chi connectivity index (χ1) is 16.2. The van der Waals surface area contributed by atoms with Crippen LogP contribution in [0.2, 0.25) is 0 Å². The van der Waals surface area contributed by atoms with Gasteiger partial charge in [-0.1, -0.05) is 72.4 Å². The molecule has 4 aromatic rings. The third kappa shape index (κ3) is 5.43. The number of methoxy groups -OCH3 is 1. The zero-order chi connectivity index (χ0) is 23.0. The number of ether oxygens (including phenoxy) is 1. The summed E-state index contributed by atoms with van der Waals surface area (Å²) in [5.74, 6) is 1.74. The average molecular weight is 459 g/mol. The molecule has 0 saturated heterocycles. The second-order valence-electron chi connectivity index (χ2n) is 7.47. The van der Waals surface area contributed by atoms with Crippen LogP contribution in [0.4, 0.5) is 5.69 Å². The van der Waals surface area contributed by atoms with Crippen LogP contribution < -0.4 is 9.64 Å². The fourth-order valence-corrected chi connectivity index (χ4v) is 4.41. The Labute approximate surface area is 198 Å². The Hall–Kier alpha value is -3.58. The quantitative estimate of drug-likeness (QED) is 0.332. The highest BCUT2D eigenvalue weighted by atomic mass is 32.2. The molecule has 0 aliphatic rings. The first-order valence-electron chi connectivity index (χ1n) is 10.7. The minimum absolute atomic E-state index is 0.00245. The average Bonchev–Trinajstić information content (AvgIpc) is 3.29. The number of anilines is 1. The van der Waals surface area contributed by atoms with E-state index in [-0.39, 0.29) is 11.7 Å². The van der Waals surface area contributed by atoms with Crippen LogP contribution in [0.15, 0.2) is 90.1 Å². The van der Waals surface area contributed by atoms with E-state index in [9.17, 15) is 4.79 Å². The van der Waals surface area contributed by atoms with E-state index < -0.39 is 0 Å². The van der Waals surface area contributed by atoms with Gasteiger partial charge >= 0.3 is 0 Å². The molecule has 0 spiro atoms. The number of hydrogen-bond acceptors (Lipinski definition) is 5. The van der Waals surface area contributed by atoms with Crippen molar-refractivity contribution in [2.45, 2.75) is 18.1 Å². The lowest BCUT2D eigenvalue weighted by atomic mass is 10.1. The molecule has 0 fully saturated rings. The third-order valence-corrected chi connectivity index (χ3v) is 6.33. The molecule has 1 amide bonds. The summed E-state index contributed by atoms with van der Waals surface area (Å²) in [5, 5.41) is 9.62. The van der Waals surface area contributed by atoms with E-state index in [0.29, 0.717) is 11.7 Å². The van der Waals surface area contributed by atoms with E-state index in [2.05, 4.69) is 26.9 Å². The fraction of sp³-hybridized carbons (Fsp3) is 0.192. The van der Waals surface area contributed by atoms with Crippen LogP contribution in [0.1, 0.15) is 5.56 Å². The number of nitrogens with zero attached hydrogens (tertiary/aromatic N) is 4. The molecule has 3 aromatic carbocycles. The van der Waals surface area contributed by atoms with Crippen molar-refractivity contribution in [3.8, 4) is 17.1 Å². The molecule has 0 N–H and O–H groups in total. The van der Waals surface area contributed by atoms with Crippen LogP contribution in [0.25, 0.3) is 11.4 Å². The van der Waals surface area contributed by atoms with Crippen molar-refractivity contribution < 1.29 is 9.53 Å². The Morgan fingerprint density at radius 3 is 2.33 bits per heavy atom. The monoisotopic (exact) mass is 458 g/mol. The van der Waals surface area contributed by atoms with Crippen molar-refractivity contribution in [2.24, 2.45) is 0 Å². The maximum absolute atomic E-state index is 12.8. The van der Waals surface area contributed by atoms with E-state index in [1.165, 1.54) is 17.3 Å². The summed E-state index contributed by atoms with van der Waals surface area (Å²) in [4.78, 5) is 14.5. The van der Waals surface area contributed by atoms with Gasteiger partial charge in [0.25, 0.3) is 0 Å². The van der Waals surface area contributed by atoms with Crippen LogP contribution in [-0.4, -0.2) is 40.6 Å². The molecule has 0 bridgehead atoms. The largest absolute Gasteiger partial charge is 0.496 e. The Balaban J connectivity index is 1.57. The molecule has 1 heterocycles. The number of benzene rings is 3. The topological polar surface area (TPSA) is 60.3 Å². The minimum atomic E-state index is 0.00245. The van der Waals surface area contributed by atoms with Crippen LogP contribution >= 0.6 is 11.8 Å². The van der Waals surface area contributed by atoms with Crippen LogP contribution in [0, 0.1) is 0 Å². The number of amides is 1. The van der Waals surface area contributed by atoms with Gasteiger partial charge in [0.1, 0.15) is 5.75 Å². The van der Waals surface area contributed by atoms with E-state index in [1.807, 2.05) is 72.8 Å². The van der Waals surface area contributed by atoms with Gasteiger partial charge < -0.3 is 14.2 Å². The van der Waals surface area contributed by atoms with Crippen LogP contribution in [-0.2, 0) is 17.8 Å². The summed E-state index contributed by atoms with van der Waals surface area (Å²) in [5.41, 5.74) is 2.97. The maximum atomic E-state index is 12.8. The Kier molecular flexibility index (Phi) is 7.42. The SMILES string of the molecule is COc1ccccc1-c1nnc(SCC(=O)N(C)c2ccccc2)n1CCc1ccccc1. The first-order valence-corrected chi connectivity index (χ1v) is 11.7. The predicted molar refractivity (Wildman–Crippen MR) is 133 cm³/mol. The van der Waals surface area contributed by atoms with Gasteiger partial charge in [-0.15, -0.1) is 10.2 Å². The predicted octanol–water partition coefficient (Wildman–Crippen LogP) is 4.95. The van der Waals surface area contributed by atoms with Crippen molar-refractivity contribution in [1.82, 2.24) is 14.8 Å². The molecule has 0 aliphatic heterocycles. The van der Waals surface area contributed by atoms with E-state index in [0.717, 1.165) is 29.2 Å². The number of carbonyl (C=O) groups excluding carboxylic acids is 1. The number of hydrogen-bond donors (Lipinski definition) is 0. The number of thioether (sulfide) groups is 1. The van der Waals surface area contributed by atoms with Crippen LogP contribution in [0.5, 0.6) is 5.75 Å². The second kappa shape index (κ2) is 10.8. The summed E-state index contributed by atoms with van der Waals surface area (Å²) in [7, 11) is 3.44. The van der Waals surface area contributed by atoms with Gasteiger partial charge in [-0.2, -0.15) is 0 Å². The Morgan fingerprint density at radius 2 is 1.61 bits per heavy atom. The lowest BCUT2D eigenvalue weighted by Gasteiger charge is -2.17. The molecular weight excluding hydrogens is 432 g/mol. The highest BCUT2D eigenvalue weighted by Gasteiger charge is 2.19. The summed E-state index contributed by atoms with van der Waals surface area (Å²) >= 11 is 1.40. The van der Waals surface area contributed by atoms with E-state index in [1.54, 1.807) is 19.1 Å². The zero-order valence-corrected chi connectivity index (χ0v) is 19.5. The van der Waals surface area contributed by atoms with Gasteiger partial charge in [-0.25, -0.2) is 0 Å². The number of aryl methyl sites for hydroxylation is 1. The molecule has 6 nitrogen and oxygen atoms in total. The van der Waals surface area contributed by atoms with Gasteiger partial charge in [-0.05, 0) is 36.2 Å². The number of para-hydroxylation sites is 2. The molecule has 7 heteroatoms. The second-order valence-corrected chi connectivity index (χ2v) is 8.41. The molecule has 0 atom stereocenters. The molecule has 33 heavy (non-hydrogen) atoms. The molecular formula is C26H26N4O2S. The number of aromatic nitrogens is 3. The number of carbonyl (C=O) groups is 1. The smallest absolute Gasteiger partial charge is 0.237 e. The van der Waals surface area contributed by atoms with Crippen molar-refractivity contribution in [2.75, 3.05) is 24.8 Å². The first kappa shape index (κ1) is 22.6. The molecule has 168 valence electrons. The van der Waals surface area contributed by atoms with Crippen molar-refractivity contribution in [3.63, 3.8) is 0 Å². The molecule has 0 aliphatic carbocycles. The summed E-state index contributed by atoms with van der Waals surface area (Å²) in [6.07, 6.45) is 0.826.